The monoisotopic (exact) mass is 400 g/mol. The summed E-state index contributed by atoms with van der Waals surface area (Å²) in [7, 11) is -3.18. The average molecular weight is 400 g/mol. The van der Waals surface area contributed by atoms with E-state index < -0.39 is 15.8 Å². The van der Waals surface area contributed by atoms with Gasteiger partial charge in [0.2, 0.25) is 0 Å². The number of hydrogen-bond acceptors (Lipinski definition) is 6. The Labute approximate surface area is 162 Å². The second-order valence-corrected chi connectivity index (χ2v) is 8.63. The molecule has 28 heavy (non-hydrogen) atoms. The van der Waals surface area contributed by atoms with Crippen LogP contribution in [0.15, 0.2) is 41.4 Å². The van der Waals surface area contributed by atoms with Gasteiger partial charge < -0.3 is 9.47 Å². The number of carbonyl (C=O) groups is 1. The van der Waals surface area contributed by atoms with Crippen molar-refractivity contribution in [3.05, 3.63) is 47.7 Å². The second kappa shape index (κ2) is 6.94. The van der Waals surface area contributed by atoms with Crippen molar-refractivity contribution in [2.24, 2.45) is 0 Å². The predicted molar refractivity (Wildman–Crippen MR) is 104 cm³/mol. The average Bonchev–Trinajstić information content (AvgIpc) is 3.22. The van der Waals surface area contributed by atoms with E-state index in [-0.39, 0.29) is 12.4 Å². The Morgan fingerprint density at radius 2 is 2.04 bits per heavy atom. The number of fused-ring (bicyclic) bond motifs is 2. The van der Waals surface area contributed by atoms with Gasteiger partial charge in [0.15, 0.2) is 9.84 Å². The first-order valence-electron chi connectivity index (χ1n) is 9.13. The van der Waals surface area contributed by atoms with E-state index in [1.54, 1.807) is 41.9 Å². The smallest absolute Gasteiger partial charge is 0.338 e. The summed E-state index contributed by atoms with van der Waals surface area (Å²) in [5, 5.41) is 5.23. The summed E-state index contributed by atoms with van der Waals surface area (Å²) >= 11 is 0. The van der Waals surface area contributed by atoms with Crippen molar-refractivity contribution in [3.8, 4) is 11.5 Å². The van der Waals surface area contributed by atoms with Crippen molar-refractivity contribution in [1.29, 1.82) is 0 Å². The van der Waals surface area contributed by atoms with Gasteiger partial charge in [-0.2, -0.15) is 5.10 Å². The maximum atomic E-state index is 12.2. The Morgan fingerprint density at radius 1 is 1.21 bits per heavy atom. The molecular formula is C20H20N2O5S. The summed E-state index contributed by atoms with van der Waals surface area (Å²) < 4.78 is 36.9. The van der Waals surface area contributed by atoms with Crippen LogP contribution >= 0.6 is 0 Å². The maximum Gasteiger partial charge on any atom is 0.338 e. The van der Waals surface area contributed by atoms with E-state index in [4.69, 9.17) is 9.47 Å². The molecule has 1 aliphatic rings. The number of ether oxygens (including phenoxy) is 2. The molecular weight excluding hydrogens is 380 g/mol. The maximum absolute atomic E-state index is 12.2. The summed E-state index contributed by atoms with van der Waals surface area (Å²) in [6, 6.07) is 8.27. The number of benzene rings is 2. The summed E-state index contributed by atoms with van der Waals surface area (Å²) in [6.07, 6.45) is 2.33. The lowest BCUT2D eigenvalue weighted by Crippen LogP contribution is -2.05. The lowest BCUT2D eigenvalue weighted by Gasteiger charge is -2.10. The fourth-order valence-corrected chi connectivity index (χ4v) is 4.86. The third kappa shape index (κ3) is 3.24. The molecule has 2 heterocycles. The molecule has 1 aromatic heterocycles. The molecule has 4 rings (SSSR count). The molecule has 0 bridgehead atoms. The van der Waals surface area contributed by atoms with Crippen LogP contribution in [0.3, 0.4) is 0 Å². The van der Waals surface area contributed by atoms with E-state index in [1.165, 1.54) is 0 Å². The Morgan fingerprint density at radius 3 is 2.79 bits per heavy atom. The van der Waals surface area contributed by atoms with Gasteiger partial charge >= 0.3 is 5.97 Å². The predicted octanol–water partition coefficient (Wildman–Crippen LogP) is 3.36. The van der Waals surface area contributed by atoms with Crippen LogP contribution < -0.4 is 4.74 Å². The molecule has 7 nitrogen and oxygen atoms in total. The van der Waals surface area contributed by atoms with Crippen molar-refractivity contribution < 1.29 is 22.7 Å². The van der Waals surface area contributed by atoms with Gasteiger partial charge in [0, 0.05) is 12.7 Å². The Kier molecular flexibility index (Phi) is 4.58. The molecule has 0 saturated carbocycles. The SMILES string of the molecule is CCOC(=O)c1cc(Oc2ccc3c(c2)CCS3(=O)=O)c2cn(CC)nc2c1. The van der Waals surface area contributed by atoms with E-state index in [0.29, 0.717) is 40.4 Å². The van der Waals surface area contributed by atoms with Crippen LogP contribution in [0.1, 0.15) is 29.8 Å². The third-order valence-electron chi connectivity index (χ3n) is 4.70. The lowest BCUT2D eigenvalue weighted by atomic mass is 10.1. The van der Waals surface area contributed by atoms with E-state index in [2.05, 4.69) is 5.10 Å². The van der Waals surface area contributed by atoms with Crippen LogP contribution in [0.25, 0.3) is 10.9 Å². The zero-order valence-electron chi connectivity index (χ0n) is 15.6. The topological polar surface area (TPSA) is 87.5 Å². The second-order valence-electron chi connectivity index (χ2n) is 6.55. The summed E-state index contributed by atoms with van der Waals surface area (Å²) in [4.78, 5) is 12.6. The van der Waals surface area contributed by atoms with Crippen molar-refractivity contribution in [3.63, 3.8) is 0 Å². The van der Waals surface area contributed by atoms with Crippen molar-refractivity contribution in [2.75, 3.05) is 12.4 Å². The normalized spacial score (nSPS) is 14.8. The molecule has 2 aromatic carbocycles. The standard InChI is InChI=1S/C20H20N2O5S/c1-3-22-12-16-17(21-22)10-14(20(23)26-4-2)11-18(16)27-15-5-6-19-13(9-15)7-8-28(19,24)25/h5-6,9-12H,3-4,7-8H2,1-2H3. The van der Waals surface area contributed by atoms with Crippen molar-refractivity contribution in [1.82, 2.24) is 9.78 Å². The van der Waals surface area contributed by atoms with Gasteiger partial charge in [-0.3, -0.25) is 4.68 Å². The highest BCUT2D eigenvalue weighted by Crippen LogP contribution is 2.35. The van der Waals surface area contributed by atoms with Gasteiger partial charge in [0.25, 0.3) is 0 Å². The number of carbonyl (C=O) groups excluding carboxylic acids is 1. The summed E-state index contributed by atoms with van der Waals surface area (Å²) in [6.45, 7) is 4.67. The van der Waals surface area contributed by atoms with Gasteiger partial charge in [0.05, 0.1) is 33.7 Å². The summed E-state index contributed by atoms with van der Waals surface area (Å²) in [5.74, 6) is 0.668. The fraction of sp³-hybridized carbons (Fsp3) is 0.300. The van der Waals surface area contributed by atoms with E-state index in [0.717, 1.165) is 10.9 Å². The largest absolute Gasteiger partial charge is 0.462 e. The van der Waals surface area contributed by atoms with Crippen LogP contribution in [-0.2, 0) is 27.5 Å². The molecule has 0 fully saturated rings. The molecule has 0 spiro atoms. The minimum Gasteiger partial charge on any atom is -0.462 e. The van der Waals surface area contributed by atoms with Gasteiger partial charge in [-0.25, -0.2) is 13.2 Å². The molecule has 0 amide bonds. The van der Waals surface area contributed by atoms with Crippen LogP contribution in [0.5, 0.6) is 11.5 Å². The number of nitrogens with zero attached hydrogens (tertiary/aromatic N) is 2. The van der Waals surface area contributed by atoms with E-state index in [9.17, 15) is 13.2 Å². The highest BCUT2D eigenvalue weighted by atomic mass is 32.2. The molecule has 0 unspecified atom stereocenters. The highest BCUT2D eigenvalue weighted by Gasteiger charge is 2.26. The van der Waals surface area contributed by atoms with Gasteiger partial charge in [-0.05, 0) is 56.2 Å². The Balaban J connectivity index is 1.77. The van der Waals surface area contributed by atoms with Gasteiger partial charge in [0.1, 0.15) is 11.5 Å². The third-order valence-corrected chi connectivity index (χ3v) is 6.51. The number of aromatic nitrogens is 2. The molecule has 8 heteroatoms. The quantitative estimate of drug-likeness (QED) is 0.611. The Bertz CT molecular complexity index is 1180. The van der Waals surface area contributed by atoms with Crippen molar-refractivity contribution >= 4 is 26.7 Å². The molecule has 1 aliphatic heterocycles. The molecule has 3 aromatic rings. The number of esters is 1. The zero-order valence-corrected chi connectivity index (χ0v) is 16.5. The molecule has 0 N–H and O–H groups in total. The molecule has 0 saturated heterocycles. The van der Waals surface area contributed by atoms with Crippen LogP contribution in [0, 0.1) is 0 Å². The number of sulfone groups is 1. The van der Waals surface area contributed by atoms with Gasteiger partial charge in [-0.15, -0.1) is 0 Å². The zero-order chi connectivity index (χ0) is 19.9. The first-order valence-corrected chi connectivity index (χ1v) is 10.8. The van der Waals surface area contributed by atoms with Crippen molar-refractivity contribution in [2.45, 2.75) is 31.7 Å². The van der Waals surface area contributed by atoms with Crippen LogP contribution in [0.4, 0.5) is 0 Å². The number of rotatable bonds is 5. The minimum atomic E-state index is -3.18. The summed E-state index contributed by atoms with van der Waals surface area (Å²) in [5.41, 5.74) is 1.74. The van der Waals surface area contributed by atoms with Crippen LogP contribution in [-0.4, -0.2) is 36.5 Å². The van der Waals surface area contributed by atoms with E-state index in [1.807, 2.05) is 13.1 Å². The molecule has 0 radical (unpaired) electrons. The first-order chi connectivity index (χ1) is 13.4. The minimum absolute atomic E-state index is 0.123. The lowest BCUT2D eigenvalue weighted by molar-refractivity contribution is 0.0526. The highest BCUT2D eigenvalue weighted by molar-refractivity contribution is 7.91. The molecule has 0 atom stereocenters. The molecule has 0 aliphatic carbocycles. The number of hydrogen-bond donors (Lipinski definition) is 0. The van der Waals surface area contributed by atoms with E-state index >= 15 is 0 Å². The van der Waals surface area contributed by atoms with Gasteiger partial charge in [-0.1, -0.05) is 0 Å². The Hall–Kier alpha value is -2.87. The molecule has 146 valence electrons. The fourth-order valence-electron chi connectivity index (χ4n) is 3.32. The van der Waals surface area contributed by atoms with Crippen LogP contribution in [0.2, 0.25) is 0 Å². The number of aryl methyl sites for hydroxylation is 2. The first kappa shape index (κ1) is 18.5.